The van der Waals surface area contributed by atoms with Gasteiger partial charge in [-0.3, -0.25) is 9.59 Å². The van der Waals surface area contributed by atoms with Gasteiger partial charge in [-0.25, -0.2) is 0 Å². The SMILES string of the molecule is Cc1ccc(C(=O)Nc2cccc(NC(=O)c3ccc(C(C)(C)C)cc3)c2)c(C)c1. The van der Waals surface area contributed by atoms with Crippen LogP contribution in [0.5, 0.6) is 0 Å². The van der Waals surface area contributed by atoms with Crippen molar-refractivity contribution in [1.29, 1.82) is 0 Å². The maximum Gasteiger partial charge on any atom is 0.255 e. The Kier molecular flexibility index (Phi) is 6.06. The molecule has 0 aliphatic heterocycles. The molecule has 0 fully saturated rings. The van der Waals surface area contributed by atoms with Crippen LogP contribution in [-0.4, -0.2) is 11.8 Å². The maximum absolute atomic E-state index is 12.6. The standard InChI is InChI=1S/C26H28N2O2/c1-17-9-14-23(18(2)15-17)25(30)28-22-8-6-7-21(16-22)27-24(29)19-10-12-20(13-11-19)26(3,4)5/h6-16H,1-5H3,(H,27,29)(H,28,30). The molecule has 30 heavy (non-hydrogen) atoms. The Hall–Kier alpha value is -3.40. The van der Waals surface area contributed by atoms with Crippen molar-refractivity contribution in [3.8, 4) is 0 Å². The lowest BCUT2D eigenvalue weighted by Crippen LogP contribution is -2.15. The molecule has 3 aromatic rings. The zero-order valence-corrected chi connectivity index (χ0v) is 18.2. The zero-order chi connectivity index (χ0) is 21.9. The van der Waals surface area contributed by atoms with Crippen molar-refractivity contribution in [3.63, 3.8) is 0 Å². The molecule has 3 aromatic carbocycles. The van der Waals surface area contributed by atoms with Gasteiger partial charge in [0.05, 0.1) is 0 Å². The van der Waals surface area contributed by atoms with Gasteiger partial charge in [0, 0.05) is 22.5 Å². The van der Waals surface area contributed by atoms with Gasteiger partial charge in [-0.15, -0.1) is 0 Å². The summed E-state index contributed by atoms with van der Waals surface area (Å²) in [5, 5.41) is 5.80. The molecule has 2 N–H and O–H groups in total. The van der Waals surface area contributed by atoms with Crippen molar-refractivity contribution in [3.05, 3.63) is 94.5 Å². The third kappa shape index (κ3) is 5.15. The summed E-state index contributed by atoms with van der Waals surface area (Å²) in [6.45, 7) is 10.3. The van der Waals surface area contributed by atoms with Crippen molar-refractivity contribution < 1.29 is 9.59 Å². The number of aryl methyl sites for hydroxylation is 2. The molecule has 4 heteroatoms. The summed E-state index contributed by atoms with van der Waals surface area (Å²) in [7, 11) is 0. The Morgan fingerprint density at radius 2 is 1.33 bits per heavy atom. The fraction of sp³-hybridized carbons (Fsp3) is 0.231. The summed E-state index contributed by atoms with van der Waals surface area (Å²) >= 11 is 0. The first kappa shape index (κ1) is 21.3. The number of anilines is 2. The summed E-state index contributed by atoms with van der Waals surface area (Å²) in [5.41, 5.74) is 5.73. The lowest BCUT2D eigenvalue weighted by Gasteiger charge is -2.19. The second kappa shape index (κ2) is 8.54. The van der Waals surface area contributed by atoms with Crippen LogP contribution in [0.1, 0.15) is 58.2 Å². The highest BCUT2D eigenvalue weighted by molar-refractivity contribution is 6.07. The van der Waals surface area contributed by atoms with E-state index in [1.54, 1.807) is 24.3 Å². The molecule has 0 radical (unpaired) electrons. The average molecular weight is 401 g/mol. The average Bonchev–Trinajstić information content (AvgIpc) is 2.67. The minimum absolute atomic E-state index is 0.0390. The van der Waals surface area contributed by atoms with Crippen LogP contribution < -0.4 is 10.6 Å². The van der Waals surface area contributed by atoms with Gasteiger partial charge in [0.15, 0.2) is 0 Å². The molecule has 0 atom stereocenters. The highest BCUT2D eigenvalue weighted by Gasteiger charge is 2.15. The molecule has 0 unspecified atom stereocenters. The van der Waals surface area contributed by atoms with E-state index in [9.17, 15) is 9.59 Å². The first-order chi connectivity index (χ1) is 14.1. The molecule has 154 valence electrons. The smallest absolute Gasteiger partial charge is 0.255 e. The molecule has 0 saturated heterocycles. The summed E-state index contributed by atoms with van der Waals surface area (Å²) < 4.78 is 0. The van der Waals surface area contributed by atoms with E-state index in [-0.39, 0.29) is 17.2 Å². The van der Waals surface area contributed by atoms with Gasteiger partial charge in [0.25, 0.3) is 11.8 Å². The van der Waals surface area contributed by atoms with Gasteiger partial charge in [0.1, 0.15) is 0 Å². The molecule has 0 aromatic heterocycles. The van der Waals surface area contributed by atoms with Gasteiger partial charge in [-0.1, -0.05) is 56.7 Å². The second-order valence-corrected chi connectivity index (χ2v) is 8.63. The third-order valence-electron chi connectivity index (χ3n) is 5.02. The van der Waals surface area contributed by atoms with Crippen LogP contribution in [0.4, 0.5) is 11.4 Å². The van der Waals surface area contributed by atoms with E-state index < -0.39 is 0 Å². The highest BCUT2D eigenvalue weighted by Crippen LogP contribution is 2.23. The fourth-order valence-corrected chi connectivity index (χ4v) is 3.27. The van der Waals surface area contributed by atoms with E-state index in [1.165, 1.54) is 5.56 Å². The Labute approximate surface area is 178 Å². The number of nitrogens with one attached hydrogen (secondary N) is 2. The second-order valence-electron chi connectivity index (χ2n) is 8.63. The first-order valence-electron chi connectivity index (χ1n) is 10.0. The third-order valence-corrected chi connectivity index (χ3v) is 5.02. The molecular formula is C26H28N2O2. The summed E-state index contributed by atoms with van der Waals surface area (Å²) in [6.07, 6.45) is 0. The normalized spacial score (nSPS) is 11.1. The van der Waals surface area contributed by atoms with Crippen molar-refractivity contribution in [1.82, 2.24) is 0 Å². The maximum atomic E-state index is 12.6. The first-order valence-corrected chi connectivity index (χ1v) is 10.0. The lowest BCUT2D eigenvalue weighted by atomic mass is 9.87. The number of benzene rings is 3. The van der Waals surface area contributed by atoms with E-state index >= 15 is 0 Å². The molecule has 4 nitrogen and oxygen atoms in total. The van der Waals surface area contributed by atoms with Gasteiger partial charge >= 0.3 is 0 Å². The largest absolute Gasteiger partial charge is 0.322 e. The summed E-state index contributed by atoms with van der Waals surface area (Å²) in [5.74, 6) is -0.359. The Bertz CT molecular complexity index is 1080. The monoisotopic (exact) mass is 400 g/mol. The summed E-state index contributed by atoms with van der Waals surface area (Å²) in [4.78, 5) is 25.2. The van der Waals surface area contributed by atoms with Crippen LogP contribution in [-0.2, 0) is 5.41 Å². The van der Waals surface area contributed by atoms with Crippen LogP contribution in [0.25, 0.3) is 0 Å². The van der Waals surface area contributed by atoms with Crippen molar-refractivity contribution in [2.45, 2.75) is 40.0 Å². The number of rotatable bonds is 4. The van der Waals surface area contributed by atoms with Crippen LogP contribution in [0.3, 0.4) is 0 Å². The van der Waals surface area contributed by atoms with Crippen LogP contribution in [0, 0.1) is 13.8 Å². The number of carbonyl (C=O) groups excluding carboxylic acids is 2. The molecule has 3 rings (SSSR count). The van der Waals surface area contributed by atoms with Crippen LogP contribution >= 0.6 is 0 Å². The molecule has 0 aliphatic rings. The lowest BCUT2D eigenvalue weighted by molar-refractivity contribution is 0.101. The molecule has 0 heterocycles. The Morgan fingerprint density at radius 3 is 1.90 bits per heavy atom. The molecule has 2 amide bonds. The minimum Gasteiger partial charge on any atom is -0.322 e. The highest BCUT2D eigenvalue weighted by atomic mass is 16.2. The van der Waals surface area contributed by atoms with E-state index in [1.807, 2.05) is 56.3 Å². The van der Waals surface area contributed by atoms with E-state index in [4.69, 9.17) is 0 Å². The van der Waals surface area contributed by atoms with Crippen molar-refractivity contribution >= 4 is 23.2 Å². The van der Waals surface area contributed by atoms with Crippen LogP contribution in [0.2, 0.25) is 0 Å². The quantitative estimate of drug-likeness (QED) is 0.555. The van der Waals surface area contributed by atoms with E-state index in [0.29, 0.717) is 22.5 Å². The Morgan fingerprint density at radius 1 is 0.733 bits per heavy atom. The van der Waals surface area contributed by atoms with Gasteiger partial charge in [0.2, 0.25) is 0 Å². The molecule has 0 spiro atoms. The molecule has 0 saturated carbocycles. The fourth-order valence-electron chi connectivity index (χ4n) is 3.27. The summed E-state index contributed by atoms with van der Waals surface area (Å²) in [6, 6.07) is 20.5. The molecule has 0 aliphatic carbocycles. The molecule has 0 bridgehead atoms. The van der Waals surface area contributed by atoms with Crippen molar-refractivity contribution in [2.75, 3.05) is 10.6 Å². The zero-order valence-electron chi connectivity index (χ0n) is 18.2. The van der Waals surface area contributed by atoms with Gasteiger partial charge < -0.3 is 10.6 Å². The van der Waals surface area contributed by atoms with E-state index in [0.717, 1.165) is 11.1 Å². The van der Waals surface area contributed by atoms with Crippen molar-refractivity contribution in [2.24, 2.45) is 0 Å². The number of hydrogen-bond acceptors (Lipinski definition) is 2. The van der Waals surface area contributed by atoms with Gasteiger partial charge in [-0.2, -0.15) is 0 Å². The predicted molar refractivity (Wildman–Crippen MR) is 123 cm³/mol. The van der Waals surface area contributed by atoms with E-state index in [2.05, 4.69) is 31.4 Å². The topological polar surface area (TPSA) is 58.2 Å². The number of hydrogen-bond donors (Lipinski definition) is 2. The Balaban J connectivity index is 1.70. The predicted octanol–water partition coefficient (Wildman–Crippen LogP) is 6.11. The minimum atomic E-state index is -0.187. The number of carbonyl (C=O) groups is 2. The number of amides is 2. The molecular weight excluding hydrogens is 372 g/mol. The van der Waals surface area contributed by atoms with Gasteiger partial charge in [-0.05, 0) is 66.8 Å². The van der Waals surface area contributed by atoms with Crippen LogP contribution in [0.15, 0.2) is 66.7 Å².